The molecule has 11 heteroatoms. The molecule has 1 aliphatic carbocycles. The molecule has 0 saturated carbocycles. The van der Waals surface area contributed by atoms with E-state index in [4.69, 9.17) is 28.1 Å². The second kappa shape index (κ2) is 11.8. The van der Waals surface area contributed by atoms with E-state index in [2.05, 4.69) is 11.0 Å². The van der Waals surface area contributed by atoms with E-state index in [0.29, 0.717) is 29.4 Å². The van der Waals surface area contributed by atoms with Crippen molar-refractivity contribution < 1.29 is 47.9 Å². The van der Waals surface area contributed by atoms with E-state index in [0.717, 1.165) is 43.5 Å². The molecule has 2 aromatic rings. The van der Waals surface area contributed by atoms with Crippen molar-refractivity contribution in [1.29, 1.82) is 0 Å². The summed E-state index contributed by atoms with van der Waals surface area (Å²) >= 11 is 0. The zero-order chi connectivity index (χ0) is 31.1. The topological polar surface area (TPSA) is 137 Å². The van der Waals surface area contributed by atoms with Gasteiger partial charge in [0.15, 0.2) is 23.2 Å². The molecule has 238 valence electrons. The van der Waals surface area contributed by atoms with E-state index in [1.165, 1.54) is 6.26 Å². The summed E-state index contributed by atoms with van der Waals surface area (Å²) in [6.07, 6.45) is 5.16. The molecule has 44 heavy (non-hydrogen) atoms. The van der Waals surface area contributed by atoms with Gasteiger partial charge in [-0.05, 0) is 100 Å². The normalized spacial score (nSPS) is 25.2. The molecule has 1 aromatic carbocycles. The highest BCUT2D eigenvalue weighted by molar-refractivity contribution is 5.86. The molecule has 1 saturated heterocycles. The summed E-state index contributed by atoms with van der Waals surface area (Å²) in [5.41, 5.74) is -1.59. The second-order valence-corrected chi connectivity index (χ2v) is 12.9. The van der Waals surface area contributed by atoms with Crippen molar-refractivity contribution in [3.05, 3.63) is 59.3 Å². The summed E-state index contributed by atoms with van der Waals surface area (Å²) in [5.74, 6) is 0.228. The molecule has 0 amide bonds. The molecule has 6 rings (SSSR count). The highest BCUT2D eigenvalue weighted by Gasteiger charge is 2.59. The van der Waals surface area contributed by atoms with Gasteiger partial charge >= 0.3 is 11.9 Å². The van der Waals surface area contributed by atoms with Crippen LogP contribution >= 0.6 is 0 Å². The smallest absolute Gasteiger partial charge is 0.339 e. The number of rotatable bonds is 11. The molecule has 1 aromatic heterocycles. The number of esters is 2. The van der Waals surface area contributed by atoms with E-state index in [1.807, 2.05) is 12.1 Å². The summed E-state index contributed by atoms with van der Waals surface area (Å²) in [4.78, 5) is 29.4. The maximum absolute atomic E-state index is 14.1. The fourth-order valence-corrected chi connectivity index (χ4v) is 7.23. The molecule has 2 N–H and O–H groups in total. The van der Waals surface area contributed by atoms with E-state index in [1.54, 1.807) is 33.1 Å². The fourth-order valence-electron chi connectivity index (χ4n) is 7.23. The molecule has 11 nitrogen and oxygen atoms in total. The Hall–Kier alpha value is -3.54. The number of furan rings is 1. The lowest BCUT2D eigenvalue weighted by Crippen LogP contribution is -2.49. The molecule has 1 fully saturated rings. The average molecular weight is 612 g/mol. The van der Waals surface area contributed by atoms with Crippen LogP contribution in [0, 0.1) is 0 Å². The molecule has 1 spiro atoms. The van der Waals surface area contributed by atoms with Gasteiger partial charge in [-0.2, -0.15) is 0 Å². The van der Waals surface area contributed by atoms with E-state index < -0.39 is 41.2 Å². The number of hydrogen-bond donors (Lipinski definition) is 2. The maximum atomic E-state index is 14.1. The van der Waals surface area contributed by atoms with E-state index in [-0.39, 0.29) is 32.2 Å². The van der Waals surface area contributed by atoms with Crippen LogP contribution in [0.5, 0.6) is 11.5 Å². The molecule has 2 unspecified atom stereocenters. The van der Waals surface area contributed by atoms with Crippen molar-refractivity contribution in [3.8, 4) is 11.5 Å². The quantitative estimate of drug-likeness (QED) is 0.360. The molecule has 0 radical (unpaired) electrons. The van der Waals surface area contributed by atoms with Gasteiger partial charge in [0.25, 0.3) is 0 Å². The maximum Gasteiger partial charge on any atom is 0.339 e. The Kier molecular flexibility index (Phi) is 8.15. The van der Waals surface area contributed by atoms with Crippen molar-refractivity contribution in [3.63, 3.8) is 0 Å². The first-order valence-corrected chi connectivity index (χ1v) is 15.3. The molecular formula is C33H41NO10. The lowest BCUT2D eigenvalue weighted by atomic mass is 9.77. The molecule has 4 aliphatic rings. The number of carbonyl (C=O) groups excluding carboxylic acids is 2. The summed E-state index contributed by atoms with van der Waals surface area (Å²) in [7, 11) is 1.55. The van der Waals surface area contributed by atoms with Crippen molar-refractivity contribution in [2.45, 2.75) is 94.2 Å². The number of methoxy groups -OCH3 is 1. The van der Waals surface area contributed by atoms with Gasteiger partial charge < -0.3 is 38.3 Å². The average Bonchev–Trinajstić information content (AvgIpc) is 3.77. The van der Waals surface area contributed by atoms with E-state index >= 15 is 0 Å². The zero-order valence-electron chi connectivity index (χ0n) is 25.5. The van der Waals surface area contributed by atoms with E-state index in [9.17, 15) is 19.8 Å². The number of nitrogens with zero attached hydrogens (tertiary/aromatic N) is 1. The Morgan fingerprint density at radius 1 is 1.14 bits per heavy atom. The fraction of sp³-hybridized carbons (Fsp3) is 0.576. The van der Waals surface area contributed by atoms with Crippen LogP contribution in [0.2, 0.25) is 0 Å². The third kappa shape index (κ3) is 5.80. The Bertz CT molecular complexity index is 1410. The first-order valence-electron chi connectivity index (χ1n) is 15.3. The van der Waals surface area contributed by atoms with Crippen LogP contribution in [0.15, 0.2) is 46.8 Å². The SMILES string of the molecule is COC1=CC23CCCN2CCc2cc4c(cc2[C@@H]3C1OC(=O)[C@@](O)(CCCC(C)(C)O)CC(=O)OCc1ccco1)OCO4. The summed E-state index contributed by atoms with van der Waals surface area (Å²) in [6.45, 7) is 5.03. The molecule has 4 heterocycles. The summed E-state index contributed by atoms with van der Waals surface area (Å²) in [6, 6.07) is 7.34. The minimum Gasteiger partial charge on any atom is -0.497 e. The van der Waals surface area contributed by atoms with Crippen LogP contribution in [0.3, 0.4) is 0 Å². The Labute approximate surface area is 256 Å². The van der Waals surface area contributed by atoms with Crippen molar-refractivity contribution in [1.82, 2.24) is 4.90 Å². The number of fused-ring (bicyclic) bond motifs is 3. The van der Waals surface area contributed by atoms with Gasteiger partial charge in [-0.15, -0.1) is 0 Å². The number of carbonyl (C=O) groups is 2. The first-order chi connectivity index (χ1) is 21.0. The predicted octanol–water partition coefficient (Wildman–Crippen LogP) is 3.74. The van der Waals surface area contributed by atoms with Crippen molar-refractivity contribution >= 4 is 11.9 Å². The lowest BCUT2D eigenvalue weighted by Gasteiger charge is -2.39. The predicted molar refractivity (Wildman–Crippen MR) is 156 cm³/mol. The number of hydrogen-bond acceptors (Lipinski definition) is 11. The van der Waals surface area contributed by atoms with Crippen LogP contribution in [-0.2, 0) is 36.8 Å². The van der Waals surface area contributed by atoms with Gasteiger partial charge in [0, 0.05) is 6.54 Å². The third-order valence-corrected chi connectivity index (χ3v) is 9.35. The van der Waals surface area contributed by atoms with Crippen LogP contribution < -0.4 is 9.47 Å². The number of benzene rings is 1. The van der Waals surface area contributed by atoms with Gasteiger partial charge in [-0.1, -0.05) is 0 Å². The van der Waals surface area contributed by atoms with Gasteiger partial charge in [0.05, 0.1) is 36.9 Å². The number of aliphatic hydroxyl groups is 2. The van der Waals surface area contributed by atoms with Crippen LogP contribution in [0.1, 0.15) is 75.2 Å². The highest BCUT2D eigenvalue weighted by Crippen LogP contribution is 2.55. The van der Waals surface area contributed by atoms with Gasteiger partial charge in [0.2, 0.25) is 6.79 Å². The minimum atomic E-state index is -2.20. The van der Waals surface area contributed by atoms with Crippen molar-refractivity contribution in [2.24, 2.45) is 0 Å². The summed E-state index contributed by atoms with van der Waals surface area (Å²) in [5, 5.41) is 22.1. The van der Waals surface area contributed by atoms with Gasteiger partial charge in [0.1, 0.15) is 18.1 Å². The third-order valence-electron chi connectivity index (χ3n) is 9.35. The highest BCUT2D eigenvalue weighted by atomic mass is 16.7. The first kappa shape index (κ1) is 30.5. The molecular weight excluding hydrogens is 570 g/mol. The Balaban J connectivity index is 1.30. The zero-order valence-corrected chi connectivity index (χ0v) is 25.5. The van der Waals surface area contributed by atoms with Crippen LogP contribution in [0.25, 0.3) is 0 Å². The molecule has 0 bridgehead atoms. The van der Waals surface area contributed by atoms with Crippen molar-refractivity contribution in [2.75, 3.05) is 27.0 Å². The summed E-state index contributed by atoms with van der Waals surface area (Å²) < 4.78 is 34.1. The van der Waals surface area contributed by atoms with Crippen LogP contribution in [0.4, 0.5) is 0 Å². The second-order valence-electron chi connectivity index (χ2n) is 12.9. The Morgan fingerprint density at radius 3 is 2.66 bits per heavy atom. The van der Waals surface area contributed by atoms with Gasteiger partial charge in [-0.25, -0.2) is 4.79 Å². The minimum absolute atomic E-state index is 0.109. The number of ether oxygens (including phenoxy) is 5. The molecule has 3 aliphatic heterocycles. The molecule has 4 atom stereocenters. The standard InChI is InChI=1S/C33H41NO10/c1-31(2,37)9-5-11-33(38,18-27(35)41-19-22-7-4-14-40-22)30(36)44-29-26(39-3)17-32-10-6-12-34(32)13-8-21-15-24-25(43-20-42-24)16-23(21)28(29)32/h4,7,14-17,28-29,37-38H,5-6,8-13,18-20H2,1-3H3/t28-,29?,32?,33-/m1/s1. The Morgan fingerprint density at radius 2 is 1.93 bits per heavy atom. The van der Waals surface area contributed by atoms with Crippen LogP contribution in [-0.4, -0.2) is 76.9 Å². The lowest BCUT2D eigenvalue weighted by molar-refractivity contribution is -0.179. The van der Waals surface area contributed by atoms with Gasteiger partial charge in [-0.3, -0.25) is 9.69 Å². The monoisotopic (exact) mass is 611 g/mol. The largest absolute Gasteiger partial charge is 0.497 e.